The lowest BCUT2D eigenvalue weighted by molar-refractivity contribution is 0.102. The summed E-state index contributed by atoms with van der Waals surface area (Å²) < 4.78 is 13.2. The fourth-order valence-corrected chi connectivity index (χ4v) is 2.58. The standard InChI is InChI=1S/C18H12FN3O/c19-13-3-5-16-12(8-13)10-17(22-16)18(23)21-14-4-6-15-11(9-14)2-1-7-20-15/h1-10,22H,(H,21,23). The Labute approximate surface area is 131 Å². The van der Waals surface area contributed by atoms with E-state index in [9.17, 15) is 9.18 Å². The zero-order chi connectivity index (χ0) is 15.8. The summed E-state index contributed by atoms with van der Waals surface area (Å²) in [6.45, 7) is 0. The Kier molecular flexibility index (Phi) is 3.05. The number of aromatic amines is 1. The molecule has 0 aliphatic heterocycles. The molecule has 112 valence electrons. The summed E-state index contributed by atoms with van der Waals surface area (Å²) in [6.07, 6.45) is 1.73. The lowest BCUT2D eigenvalue weighted by atomic mass is 10.2. The van der Waals surface area contributed by atoms with Crippen LogP contribution < -0.4 is 5.32 Å². The fourth-order valence-electron chi connectivity index (χ4n) is 2.58. The van der Waals surface area contributed by atoms with E-state index in [1.165, 1.54) is 12.1 Å². The molecule has 0 saturated heterocycles. The lowest BCUT2D eigenvalue weighted by Gasteiger charge is -2.05. The van der Waals surface area contributed by atoms with Crippen LogP contribution in [0.5, 0.6) is 0 Å². The van der Waals surface area contributed by atoms with E-state index in [0.717, 1.165) is 16.4 Å². The van der Waals surface area contributed by atoms with Gasteiger partial charge in [-0.05, 0) is 48.5 Å². The number of carbonyl (C=O) groups is 1. The maximum atomic E-state index is 13.2. The minimum atomic E-state index is -0.328. The number of benzene rings is 2. The zero-order valence-electron chi connectivity index (χ0n) is 12.0. The SMILES string of the molecule is O=C(Nc1ccc2ncccc2c1)c1cc2cc(F)ccc2[nH]1. The van der Waals surface area contributed by atoms with Crippen LogP contribution in [0.4, 0.5) is 10.1 Å². The van der Waals surface area contributed by atoms with E-state index in [1.54, 1.807) is 24.4 Å². The van der Waals surface area contributed by atoms with Crippen molar-refractivity contribution in [2.45, 2.75) is 0 Å². The number of carbonyl (C=O) groups excluding carboxylic acids is 1. The van der Waals surface area contributed by atoms with Gasteiger partial charge in [0.2, 0.25) is 0 Å². The molecule has 0 atom stereocenters. The number of pyridine rings is 1. The van der Waals surface area contributed by atoms with Crippen LogP contribution in [0.15, 0.2) is 60.8 Å². The first-order chi connectivity index (χ1) is 11.2. The molecule has 2 aromatic heterocycles. The van der Waals surface area contributed by atoms with Crippen LogP contribution in [0.3, 0.4) is 0 Å². The van der Waals surface area contributed by atoms with Gasteiger partial charge in [-0.25, -0.2) is 4.39 Å². The van der Waals surface area contributed by atoms with Gasteiger partial charge in [0.05, 0.1) is 5.52 Å². The number of aromatic nitrogens is 2. The highest BCUT2D eigenvalue weighted by Crippen LogP contribution is 2.20. The van der Waals surface area contributed by atoms with Crippen molar-refractivity contribution in [3.05, 3.63) is 72.3 Å². The summed E-state index contributed by atoms with van der Waals surface area (Å²) in [5.41, 5.74) is 2.66. The second-order valence-electron chi connectivity index (χ2n) is 5.28. The van der Waals surface area contributed by atoms with Gasteiger partial charge in [-0.2, -0.15) is 0 Å². The highest BCUT2D eigenvalue weighted by atomic mass is 19.1. The van der Waals surface area contributed by atoms with E-state index in [1.807, 2.05) is 24.3 Å². The van der Waals surface area contributed by atoms with Gasteiger partial charge >= 0.3 is 0 Å². The summed E-state index contributed by atoms with van der Waals surface area (Å²) in [4.78, 5) is 19.6. The summed E-state index contributed by atoms with van der Waals surface area (Å²) in [5, 5.41) is 4.45. The number of hydrogen-bond acceptors (Lipinski definition) is 2. The van der Waals surface area contributed by atoms with Gasteiger partial charge < -0.3 is 10.3 Å². The number of hydrogen-bond donors (Lipinski definition) is 2. The molecule has 23 heavy (non-hydrogen) atoms. The first-order valence-corrected chi connectivity index (χ1v) is 7.13. The van der Waals surface area contributed by atoms with Crippen molar-refractivity contribution in [2.24, 2.45) is 0 Å². The second kappa shape index (κ2) is 5.21. The number of anilines is 1. The molecule has 0 unspecified atom stereocenters. The molecule has 0 saturated carbocycles. The van der Waals surface area contributed by atoms with Gasteiger partial charge in [0, 0.05) is 28.2 Å². The van der Waals surface area contributed by atoms with Crippen LogP contribution in [0, 0.1) is 5.82 Å². The molecule has 4 nitrogen and oxygen atoms in total. The molecule has 0 radical (unpaired) electrons. The van der Waals surface area contributed by atoms with Gasteiger partial charge in [-0.1, -0.05) is 6.07 Å². The van der Waals surface area contributed by atoms with E-state index in [2.05, 4.69) is 15.3 Å². The monoisotopic (exact) mass is 305 g/mol. The average molecular weight is 305 g/mol. The first-order valence-electron chi connectivity index (χ1n) is 7.13. The van der Waals surface area contributed by atoms with Crippen molar-refractivity contribution >= 4 is 33.4 Å². The molecule has 2 heterocycles. The topological polar surface area (TPSA) is 57.8 Å². The predicted octanol–water partition coefficient (Wildman–Crippen LogP) is 4.11. The van der Waals surface area contributed by atoms with E-state index < -0.39 is 0 Å². The summed E-state index contributed by atoms with van der Waals surface area (Å²) >= 11 is 0. The first kappa shape index (κ1) is 13.5. The minimum Gasteiger partial charge on any atom is -0.351 e. The van der Waals surface area contributed by atoms with Gasteiger partial charge in [-0.3, -0.25) is 9.78 Å². The maximum Gasteiger partial charge on any atom is 0.272 e. The van der Waals surface area contributed by atoms with Gasteiger partial charge in [-0.15, -0.1) is 0 Å². The Bertz CT molecular complexity index is 1040. The van der Waals surface area contributed by atoms with Crippen LogP contribution in [0.1, 0.15) is 10.5 Å². The largest absolute Gasteiger partial charge is 0.351 e. The summed E-state index contributed by atoms with van der Waals surface area (Å²) in [7, 11) is 0. The minimum absolute atomic E-state index is 0.273. The molecule has 2 aromatic carbocycles. The Morgan fingerprint density at radius 1 is 1.04 bits per heavy atom. The van der Waals surface area contributed by atoms with Crippen molar-refractivity contribution in [3.63, 3.8) is 0 Å². The molecule has 0 spiro atoms. The molecule has 0 aliphatic rings. The quantitative estimate of drug-likeness (QED) is 0.585. The zero-order valence-corrected chi connectivity index (χ0v) is 12.0. The Hall–Kier alpha value is -3.21. The van der Waals surface area contributed by atoms with E-state index in [-0.39, 0.29) is 11.7 Å². The fraction of sp³-hybridized carbons (Fsp3) is 0. The number of nitrogens with one attached hydrogen (secondary N) is 2. The number of nitrogens with zero attached hydrogens (tertiary/aromatic N) is 1. The van der Waals surface area contributed by atoms with Crippen molar-refractivity contribution in [2.75, 3.05) is 5.32 Å². The van der Waals surface area contributed by atoms with Gasteiger partial charge in [0.15, 0.2) is 0 Å². The molecule has 2 N–H and O–H groups in total. The van der Waals surface area contributed by atoms with Crippen molar-refractivity contribution < 1.29 is 9.18 Å². The molecular formula is C18H12FN3O. The van der Waals surface area contributed by atoms with Crippen LogP contribution in [0.25, 0.3) is 21.8 Å². The highest BCUT2D eigenvalue weighted by molar-refractivity contribution is 6.06. The van der Waals surface area contributed by atoms with Crippen LogP contribution in [0.2, 0.25) is 0 Å². The van der Waals surface area contributed by atoms with Crippen molar-refractivity contribution in [1.29, 1.82) is 0 Å². The maximum absolute atomic E-state index is 13.2. The predicted molar refractivity (Wildman–Crippen MR) is 88.0 cm³/mol. The van der Waals surface area contributed by atoms with Crippen molar-refractivity contribution in [1.82, 2.24) is 9.97 Å². The molecule has 0 fully saturated rings. The number of amides is 1. The molecule has 0 aliphatic carbocycles. The molecule has 1 amide bonds. The molecule has 0 bridgehead atoms. The normalized spacial score (nSPS) is 11.0. The van der Waals surface area contributed by atoms with Crippen LogP contribution in [-0.2, 0) is 0 Å². The van der Waals surface area contributed by atoms with Gasteiger partial charge in [0.25, 0.3) is 5.91 Å². The summed E-state index contributed by atoms with van der Waals surface area (Å²) in [5.74, 6) is -0.602. The van der Waals surface area contributed by atoms with Crippen LogP contribution >= 0.6 is 0 Å². The Morgan fingerprint density at radius 3 is 2.87 bits per heavy atom. The third-order valence-corrected chi connectivity index (χ3v) is 3.69. The van der Waals surface area contributed by atoms with Crippen molar-refractivity contribution in [3.8, 4) is 0 Å². The molecule has 4 aromatic rings. The highest BCUT2D eigenvalue weighted by Gasteiger charge is 2.10. The molecule has 4 rings (SSSR count). The Balaban J connectivity index is 1.64. The third kappa shape index (κ3) is 2.53. The molecular weight excluding hydrogens is 293 g/mol. The number of fused-ring (bicyclic) bond motifs is 2. The van der Waals surface area contributed by atoms with E-state index >= 15 is 0 Å². The van der Waals surface area contributed by atoms with E-state index in [0.29, 0.717) is 16.8 Å². The number of rotatable bonds is 2. The van der Waals surface area contributed by atoms with Gasteiger partial charge in [0.1, 0.15) is 11.5 Å². The lowest BCUT2D eigenvalue weighted by Crippen LogP contribution is -2.12. The Morgan fingerprint density at radius 2 is 1.96 bits per heavy atom. The number of H-pyrrole nitrogens is 1. The smallest absolute Gasteiger partial charge is 0.272 e. The average Bonchev–Trinajstić information content (AvgIpc) is 2.98. The van der Waals surface area contributed by atoms with E-state index in [4.69, 9.17) is 0 Å². The number of halogens is 1. The van der Waals surface area contributed by atoms with Crippen LogP contribution in [-0.4, -0.2) is 15.9 Å². The third-order valence-electron chi connectivity index (χ3n) is 3.69. The summed E-state index contributed by atoms with van der Waals surface area (Å²) in [6, 6.07) is 15.3. The molecule has 5 heteroatoms. The second-order valence-corrected chi connectivity index (χ2v) is 5.28.